The molecule has 2 heterocycles. The average Bonchev–Trinajstić information content (AvgIpc) is 2.92. The number of piperidine rings is 1. The summed E-state index contributed by atoms with van der Waals surface area (Å²) in [5, 5.41) is 0. The van der Waals surface area contributed by atoms with Crippen molar-refractivity contribution in [2.75, 3.05) is 20.2 Å². The Hall–Kier alpha value is -3.73. The van der Waals surface area contributed by atoms with Crippen molar-refractivity contribution < 1.29 is 27.5 Å². The van der Waals surface area contributed by atoms with Gasteiger partial charge in [-0.05, 0) is 74.0 Å². The Morgan fingerprint density at radius 3 is 2.62 bits per heavy atom. The highest BCUT2D eigenvalue weighted by atomic mass is 19.4. The first kappa shape index (κ1) is 28.3. The van der Waals surface area contributed by atoms with Crippen LogP contribution < -0.4 is 10.5 Å². The summed E-state index contributed by atoms with van der Waals surface area (Å²) in [5.74, 6) is 0.612. The second-order valence-corrected chi connectivity index (χ2v) is 9.55. The van der Waals surface area contributed by atoms with Crippen LogP contribution in [0.2, 0.25) is 0 Å². The molecule has 1 fully saturated rings. The van der Waals surface area contributed by atoms with E-state index in [9.17, 15) is 22.8 Å². The number of nitrogens with two attached hydrogens (primary N) is 1. The summed E-state index contributed by atoms with van der Waals surface area (Å²) in [6.07, 6.45) is -0.678. The lowest BCUT2D eigenvalue weighted by molar-refractivity contribution is -0.138. The summed E-state index contributed by atoms with van der Waals surface area (Å²) >= 11 is 0. The number of rotatable bonds is 10. The molecule has 203 valence electrons. The topological polar surface area (TPSA) is 98.4 Å². The van der Waals surface area contributed by atoms with Crippen LogP contribution in [0.1, 0.15) is 62.9 Å². The summed E-state index contributed by atoms with van der Waals surface area (Å²) in [7, 11) is 3.12. The maximum absolute atomic E-state index is 13.7. The molecule has 1 aliphatic heterocycles. The van der Waals surface area contributed by atoms with Gasteiger partial charge in [0.25, 0.3) is 7.41 Å². The third-order valence-electron chi connectivity index (χ3n) is 7.02. The molecule has 1 aliphatic rings. The Balaban J connectivity index is 1.53. The molecule has 2 N–H and O–H groups in total. The Bertz CT molecular complexity index is 1330. The lowest BCUT2D eigenvalue weighted by Gasteiger charge is -2.31. The first-order valence-electron chi connectivity index (χ1n) is 12.7. The number of nitrogens with zero attached hydrogens (tertiary/aromatic N) is 3. The third-order valence-corrected chi connectivity index (χ3v) is 7.02. The Morgan fingerprint density at radius 2 is 1.95 bits per heavy atom. The van der Waals surface area contributed by atoms with Crippen LogP contribution in [0.15, 0.2) is 48.7 Å². The molecule has 3 aromatic rings. The van der Waals surface area contributed by atoms with Crippen molar-refractivity contribution in [2.24, 2.45) is 5.73 Å². The normalized spacial score (nSPS) is 14.7. The molecule has 4 rings (SSSR count). The van der Waals surface area contributed by atoms with Crippen molar-refractivity contribution >= 4 is 19.5 Å². The van der Waals surface area contributed by atoms with Crippen LogP contribution in [0, 0.1) is 0 Å². The number of alkyl halides is 3. The van der Waals surface area contributed by atoms with E-state index >= 15 is 0 Å². The lowest BCUT2D eigenvalue weighted by atomic mass is 9.83. The number of hydrogen-bond acceptors (Lipinski definition) is 6. The van der Waals surface area contributed by atoms with Gasteiger partial charge in [0, 0.05) is 23.7 Å². The minimum Gasteiger partial charge on any atom is -0.496 e. The fraction of sp³-hybridized carbons (Fsp3) is 0.357. The third kappa shape index (κ3) is 7.23. The highest BCUT2D eigenvalue weighted by Crippen LogP contribution is 2.34. The van der Waals surface area contributed by atoms with Crippen molar-refractivity contribution in [1.82, 2.24) is 14.8 Å². The van der Waals surface area contributed by atoms with Crippen LogP contribution in [0.25, 0.3) is 0 Å². The summed E-state index contributed by atoms with van der Waals surface area (Å²) in [5.41, 5.74) is 7.22. The van der Waals surface area contributed by atoms with E-state index in [0.717, 1.165) is 49.4 Å². The molecule has 0 aliphatic carbocycles. The fourth-order valence-corrected chi connectivity index (χ4v) is 4.91. The van der Waals surface area contributed by atoms with Crippen LogP contribution in [0.3, 0.4) is 0 Å². The number of methoxy groups -OCH3 is 1. The predicted molar refractivity (Wildman–Crippen MR) is 141 cm³/mol. The zero-order chi connectivity index (χ0) is 28.0. The van der Waals surface area contributed by atoms with Gasteiger partial charge in [0.15, 0.2) is 0 Å². The molecule has 0 spiro atoms. The number of ether oxygens (including phenoxy) is 1. The number of carbonyl (C=O) groups is 2. The quantitative estimate of drug-likeness (QED) is 0.311. The number of aromatic nitrogens is 2. The van der Waals surface area contributed by atoms with Crippen molar-refractivity contribution in [3.63, 3.8) is 0 Å². The van der Waals surface area contributed by atoms with Crippen LogP contribution in [0.5, 0.6) is 5.75 Å². The number of hydrogen-bond donors (Lipinski definition) is 1. The number of carbonyl (C=O) groups excluding carboxylic acids is 2. The predicted octanol–water partition coefficient (Wildman–Crippen LogP) is 3.97. The van der Waals surface area contributed by atoms with Gasteiger partial charge in [0.05, 0.1) is 24.6 Å². The first-order valence-corrected chi connectivity index (χ1v) is 12.7. The van der Waals surface area contributed by atoms with Crippen LogP contribution >= 0.6 is 0 Å². The van der Waals surface area contributed by atoms with Gasteiger partial charge in [-0.1, -0.05) is 24.3 Å². The van der Waals surface area contributed by atoms with Gasteiger partial charge in [0.1, 0.15) is 11.6 Å². The molecular weight excluding hydrogens is 508 g/mol. The summed E-state index contributed by atoms with van der Waals surface area (Å²) in [6, 6.07) is 12.4. The standard InChI is InChI=1S/C28H29BF3N4O3/c1-39-25-14-20(19-9-11-36(12-10-19)29-17-37)6-7-21(25)15-26-34-16-23(28(30,31)32)24(35-26)8-5-18-3-2-4-22(13-18)27(33)38/h2-4,6-7,13-14,16-17,19H,5,8-12,15H2,1H3,(H2,33,38). The maximum Gasteiger partial charge on any atom is 0.419 e. The molecule has 2 aromatic carbocycles. The zero-order valence-electron chi connectivity index (χ0n) is 21.6. The van der Waals surface area contributed by atoms with Crippen LogP contribution in [0.4, 0.5) is 13.2 Å². The van der Waals surface area contributed by atoms with Crippen LogP contribution in [-0.2, 0) is 30.2 Å². The molecule has 1 aromatic heterocycles. The minimum absolute atomic E-state index is 0.0167. The van der Waals surface area contributed by atoms with Crippen LogP contribution in [-0.4, -0.2) is 54.5 Å². The molecule has 0 bridgehead atoms. The first-order chi connectivity index (χ1) is 18.7. The molecule has 1 saturated heterocycles. The van der Waals surface area contributed by atoms with Gasteiger partial charge in [0.2, 0.25) is 5.91 Å². The van der Waals surface area contributed by atoms with Crippen molar-refractivity contribution in [1.29, 1.82) is 0 Å². The van der Waals surface area contributed by atoms with E-state index in [4.69, 9.17) is 10.5 Å². The lowest BCUT2D eigenvalue weighted by Crippen LogP contribution is -2.36. The van der Waals surface area contributed by atoms with Gasteiger partial charge < -0.3 is 20.1 Å². The van der Waals surface area contributed by atoms with E-state index in [2.05, 4.69) is 9.97 Å². The number of amides is 1. The molecule has 0 saturated carbocycles. The molecule has 0 unspecified atom stereocenters. The molecule has 1 amide bonds. The monoisotopic (exact) mass is 537 g/mol. The molecule has 7 nitrogen and oxygen atoms in total. The molecule has 0 atom stereocenters. The van der Waals surface area contributed by atoms with Gasteiger partial charge in [-0.2, -0.15) is 13.2 Å². The number of aryl methyl sites for hydroxylation is 2. The second kappa shape index (κ2) is 12.4. The van der Waals surface area contributed by atoms with Gasteiger partial charge in [-0.3, -0.25) is 4.79 Å². The van der Waals surface area contributed by atoms with Gasteiger partial charge >= 0.3 is 6.18 Å². The van der Waals surface area contributed by atoms with E-state index < -0.39 is 17.6 Å². The smallest absolute Gasteiger partial charge is 0.419 e. The highest BCUT2D eigenvalue weighted by Gasteiger charge is 2.35. The SMILES string of the molecule is COc1cc(C2CCN([B]C=O)CC2)ccc1Cc1ncc(C(F)(F)F)c(CCc2cccc(C(N)=O)c2)n1. The zero-order valence-corrected chi connectivity index (χ0v) is 21.6. The molecule has 11 heteroatoms. The van der Waals surface area contributed by atoms with Crippen molar-refractivity contribution in [2.45, 2.75) is 44.2 Å². The van der Waals surface area contributed by atoms with E-state index in [1.54, 1.807) is 38.8 Å². The van der Waals surface area contributed by atoms with E-state index in [0.29, 0.717) is 22.8 Å². The number of halogens is 3. The molecule has 1 radical (unpaired) electrons. The maximum atomic E-state index is 13.7. The van der Waals surface area contributed by atoms with Gasteiger partial charge in [-0.25, -0.2) is 9.97 Å². The molecule has 39 heavy (non-hydrogen) atoms. The second-order valence-electron chi connectivity index (χ2n) is 9.55. The largest absolute Gasteiger partial charge is 0.496 e. The number of primary amides is 1. The molecular formula is C28H29BF3N4O3. The van der Waals surface area contributed by atoms with Crippen molar-refractivity contribution in [3.05, 3.63) is 88.0 Å². The van der Waals surface area contributed by atoms with Gasteiger partial charge in [-0.15, -0.1) is 0 Å². The van der Waals surface area contributed by atoms with E-state index in [1.807, 2.05) is 23.0 Å². The summed E-state index contributed by atoms with van der Waals surface area (Å²) < 4.78 is 46.8. The number of benzene rings is 2. The Labute approximate surface area is 225 Å². The highest BCUT2D eigenvalue weighted by molar-refractivity contribution is 6.64. The average molecular weight is 537 g/mol. The Kier molecular flexibility index (Phi) is 9.01. The fourth-order valence-electron chi connectivity index (χ4n) is 4.91. The Morgan fingerprint density at radius 1 is 1.18 bits per heavy atom. The summed E-state index contributed by atoms with van der Waals surface area (Å²) in [4.78, 5) is 32.5. The van der Waals surface area contributed by atoms with E-state index in [1.165, 1.54) is 0 Å². The van der Waals surface area contributed by atoms with E-state index in [-0.39, 0.29) is 30.8 Å². The minimum atomic E-state index is -4.60. The van der Waals surface area contributed by atoms with Crippen molar-refractivity contribution in [3.8, 4) is 5.75 Å². The summed E-state index contributed by atoms with van der Waals surface area (Å²) in [6.45, 7) is 1.59.